The van der Waals surface area contributed by atoms with E-state index < -0.39 is 36.2 Å². The van der Waals surface area contributed by atoms with Crippen LogP contribution in [0.4, 0.5) is 23.2 Å². The van der Waals surface area contributed by atoms with Gasteiger partial charge >= 0.3 is 13.2 Å². The van der Waals surface area contributed by atoms with Crippen LogP contribution in [0.15, 0.2) is 48.0 Å². The maximum atomic E-state index is 12.6. The number of nitrogens with one attached hydrogen (secondary N) is 1. The van der Waals surface area contributed by atoms with E-state index in [-0.39, 0.29) is 5.56 Å². The number of para-hydroxylation sites is 1. The minimum absolute atomic E-state index is 0.0848. The van der Waals surface area contributed by atoms with Gasteiger partial charge in [0.15, 0.2) is 0 Å². The van der Waals surface area contributed by atoms with Gasteiger partial charge in [-0.1, -0.05) is 18.2 Å². The van der Waals surface area contributed by atoms with Crippen molar-refractivity contribution >= 4 is 17.7 Å². The van der Waals surface area contributed by atoms with Crippen molar-refractivity contribution < 1.29 is 31.8 Å². The third-order valence-electron chi connectivity index (χ3n) is 3.48. The van der Waals surface area contributed by atoms with Crippen LogP contribution in [-0.4, -0.2) is 19.1 Å². The molecule has 5 nitrogen and oxygen atoms in total. The second-order valence-corrected chi connectivity index (χ2v) is 5.40. The van der Waals surface area contributed by atoms with Crippen molar-refractivity contribution in [3.8, 4) is 17.6 Å². The summed E-state index contributed by atoms with van der Waals surface area (Å²) < 4.78 is 58.3. The first-order valence-corrected chi connectivity index (χ1v) is 7.82. The van der Waals surface area contributed by atoms with Gasteiger partial charge in [-0.3, -0.25) is 4.79 Å². The Kier molecular flexibility index (Phi) is 6.98. The average Bonchev–Trinajstić information content (AvgIpc) is 2.62. The molecule has 0 atom stereocenters. The predicted molar refractivity (Wildman–Crippen MR) is 93.1 cm³/mol. The minimum Gasteiger partial charge on any atom is -0.435 e. The topological polar surface area (TPSA) is 71.4 Å². The van der Waals surface area contributed by atoms with Crippen LogP contribution in [0.3, 0.4) is 0 Å². The molecule has 1 N–H and O–H groups in total. The van der Waals surface area contributed by atoms with E-state index in [0.717, 1.165) is 29.8 Å². The molecule has 2 rings (SSSR count). The summed E-state index contributed by atoms with van der Waals surface area (Å²) in [6.07, 6.45) is 1.01. The molecule has 0 unspecified atom stereocenters. The van der Waals surface area contributed by atoms with Crippen LogP contribution in [0.1, 0.15) is 11.1 Å². The number of hydrogen-bond donors (Lipinski definition) is 1. The first kappa shape index (κ1) is 20.8. The molecule has 2 aromatic carbocycles. The zero-order valence-electron chi connectivity index (χ0n) is 14.5. The largest absolute Gasteiger partial charge is 0.435 e. The number of aryl methyl sites for hydroxylation is 1. The summed E-state index contributed by atoms with van der Waals surface area (Å²) in [6, 6.07) is 11.5. The molecule has 9 heteroatoms. The maximum Gasteiger partial charge on any atom is 0.387 e. The highest BCUT2D eigenvalue weighted by atomic mass is 19.3. The Bertz CT molecular complexity index is 924. The summed E-state index contributed by atoms with van der Waals surface area (Å²) >= 11 is 0. The fourth-order valence-electron chi connectivity index (χ4n) is 2.22. The summed E-state index contributed by atoms with van der Waals surface area (Å²) in [7, 11) is 0. The molecule has 2 aromatic rings. The van der Waals surface area contributed by atoms with Crippen LogP contribution in [0.5, 0.6) is 11.5 Å². The Morgan fingerprint density at radius 3 is 2.39 bits per heavy atom. The standard InChI is InChI=1S/C19H14F4N2O3/c1-11-4-2-3-5-15(11)25-17(26)13(10-24)8-12-6-7-14(27-18(20)21)9-16(12)28-19(22)23/h2-9,18-19H,1H3,(H,25,26)/b13-8+. The number of benzene rings is 2. The number of nitriles is 1. The van der Waals surface area contributed by atoms with Gasteiger partial charge in [-0.2, -0.15) is 22.8 Å². The Balaban J connectivity index is 2.35. The van der Waals surface area contributed by atoms with Crippen LogP contribution in [0, 0.1) is 18.3 Å². The first-order chi connectivity index (χ1) is 13.3. The second kappa shape index (κ2) is 9.41. The van der Waals surface area contributed by atoms with Crippen LogP contribution in [-0.2, 0) is 4.79 Å². The monoisotopic (exact) mass is 394 g/mol. The molecule has 0 saturated carbocycles. The van der Waals surface area contributed by atoms with Crippen molar-refractivity contribution in [3.05, 3.63) is 59.2 Å². The van der Waals surface area contributed by atoms with Gasteiger partial charge in [0, 0.05) is 17.3 Å². The smallest absolute Gasteiger partial charge is 0.387 e. The quantitative estimate of drug-likeness (QED) is 0.418. The highest BCUT2D eigenvalue weighted by Gasteiger charge is 2.16. The van der Waals surface area contributed by atoms with Gasteiger partial charge in [-0.15, -0.1) is 0 Å². The molecule has 0 saturated heterocycles. The van der Waals surface area contributed by atoms with E-state index in [4.69, 9.17) is 0 Å². The Morgan fingerprint density at radius 2 is 1.79 bits per heavy atom. The van der Waals surface area contributed by atoms with Gasteiger partial charge in [0.1, 0.15) is 23.1 Å². The normalized spacial score (nSPS) is 11.3. The van der Waals surface area contributed by atoms with Gasteiger partial charge in [-0.05, 0) is 36.8 Å². The van der Waals surface area contributed by atoms with E-state index in [1.54, 1.807) is 37.3 Å². The van der Waals surface area contributed by atoms with Gasteiger partial charge in [0.2, 0.25) is 0 Å². The van der Waals surface area contributed by atoms with Crippen LogP contribution < -0.4 is 14.8 Å². The molecule has 0 bridgehead atoms. The zero-order valence-corrected chi connectivity index (χ0v) is 14.5. The molecular formula is C19H14F4N2O3. The number of alkyl halides is 4. The van der Waals surface area contributed by atoms with Crippen molar-refractivity contribution in [3.63, 3.8) is 0 Å². The zero-order chi connectivity index (χ0) is 20.7. The molecular weight excluding hydrogens is 380 g/mol. The molecule has 146 valence electrons. The number of anilines is 1. The Morgan fingerprint density at radius 1 is 1.11 bits per heavy atom. The molecule has 0 radical (unpaired) electrons. The van der Waals surface area contributed by atoms with Gasteiger partial charge in [0.25, 0.3) is 5.91 Å². The van der Waals surface area contributed by atoms with Crippen molar-refractivity contribution in [2.24, 2.45) is 0 Å². The molecule has 0 aromatic heterocycles. The third-order valence-corrected chi connectivity index (χ3v) is 3.48. The summed E-state index contributed by atoms with van der Waals surface area (Å²) in [5.74, 6) is -1.71. The number of carbonyl (C=O) groups excluding carboxylic acids is 1. The van der Waals surface area contributed by atoms with Gasteiger partial charge in [0.05, 0.1) is 0 Å². The number of hydrogen-bond acceptors (Lipinski definition) is 4. The lowest BCUT2D eigenvalue weighted by molar-refractivity contribution is -0.112. The van der Waals surface area contributed by atoms with Crippen molar-refractivity contribution in [1.29, 1.82) is 5.26 Å². The number of rotatable bonds is 7. The predicted octanol–water partition coefficient (Wildman–Crippen LogP) is 4.74. The SMILES string of the molecule is Cc1ccccc1NC(=O)/C(C#N)=C/c1ccc(OC(F)F)cc1OC(F)F. The number of carbonyl (C=O) groups is 1. The van der Waals surface area contributed by atoms with E-state index in [1.807, 2.05) is 0 Å². The van der Waals surface area contributed by atoms with Crippen molar-refractivity contribution in [1.82, 2.24) is 0 Å². The van der Waals surface area contributed by atoms with Gasteiger partial charge in [-0.25, -0.2) is 0 Å². The molecule has 0 heterocycles. The fraction of sp³-hybridized carbons (Fsp3) is 0.158. The summed E-state index contributed by atoms with van der Waals surface area (Å²) in [5, 5.41) is 11.8. The van der Waals surface area contributed by atoms with Crippen molar-refractivity contribution in [2.75, 3.05) is 5.32 Å². The lowest BCUT2D eigenvalue weighted by atomic mass is 10.1. The first-order valence-electron chi connectivity index (χ1n) is 7.82. The van der Waals surface area contributed by atoms with Gasteiger partial charge < -0.3 is 14.8 Å². The average molecular weight is 394 g/mol. The number of halogens is 4. The minimum atomic E-state index is -3.25. The molecule has 0 spiro atoms. The molecule has 1 amide bonds. The summed E-state index contributed by atoms with van der Waals surface area (Å²) in [6.45, 7) is -4.66. The van der Waals surface area contributed by atoms with E-state index >= 15 is 0 Å². The maximum absolute atomic E-state index is 12.6. The summed E-state index contributed by atoms with van der Waals surface area (Å²) in [4.78, 5) is 12.3. The lowest BCUT2D eigenvalue weighted by Gasteiger charge is -2.12. The molecule has 0 aliphatic rings. The van der Waals surface area contributed by atoms with E-state index in [2.05, 4.69) is 14.8 Å². The number of amides is 1. The molecule has 0 aliphatic heterocycles. The molecule has 0 aliphatic carbocycles. The molecule has 28 heavy (non-hydrogen) atoms. The highest BCUT2D eigenvalue weighted by molar-refractivity contribution is 6.10. The third kappa shape index (κ3) is 5.74. The highest BCUT2D eigenvalue weighted by Crippen LogP contribution is 2.29. The van der Waals surface area contributed by atoms with Crippen LogP contribution >= 0.6 is 0 Å². The number of ether oxygens (including phenoxy) is 2. The lowest BCUT2D eigenvalue weighted by Crippen LogP contribution is -2.14. The summed E-state index contributed by atoms with van der Waals surface area (Å²) in [5.41, 5.74) is 0.741. The van der Waals surface area contributed by atoms with E-state index in [0.29, 0.717) is 5.69 Å². The Labute approximate surface area is 157 Å². The van der Waals surface area contributed by atoms with Crippen LogP contribution in [0.2, 0.25) is 0 Å². The Hall–Kier alpha value is -3.54. The van der Waals surface area contributed by atoms with Crippen LogP contribution in [0.25, 0.3) is 6.08 Å². The number of nitrogens with zero attached hydrogens (tertiary/aromatic N) is 1. The molecule has 0 fully saturated rings. The second-order valence-electron chi connectivity index (χ2n) is 5.40. The fourth-order valence-corrected chi connectivity index (χ4v) is 2.22. The van der Waals surface area contributed by atoms with E-state index in [9.17, 15) is 27.6 Å². The van der Waals surface area contributed by atoms with Crippen molar-refractivity contribution in [2.45, 2.75) is 20.1 Å². The van der Waals surface area contributed by atoms with E-state index in [1.165, 1.54) is 0 Å².